The molecule has 1 saturated carbocycles. The number of hydrogen-bond acceptors (Lipinski definition) is 5. The predicted octanol–water partition coefficient (Wildman–Crippen LogP) is 3.70. The normalized spacial score (nSPS) is 23.1. The van der Waals surface area contributed by atoms with Crippen LogP contribution in [0.3, 0.4) is 0 Å². The molecule has 0 atom stereocenters. The van der Waals surface area contributed by atoms with Gasteiger partial charge in [-0.2, -0.15) is 0 Å². The highest BCUT2D eigenvalue weighted by Gasteiger charge is 2.25. The third kappa shape index (κ3) is 4.74. The minimum atomic E-state index is -0.920. The van der Waals surface area contributed by atoms with Crippen LogP contribution < -0.4 is 10.2 Å². The van der Waals surface area contributed by atoms with E-state index in [9.17, 15) is 13.6 Å². The number of hydrogen-bond donors (Lipinski definition) is 1. The van der Waals surface area contributed by atoms with Crippen LogP contribution in [0.2, 0.25) is 0 Å². The highest BCUT2D eigenvalue weighted by Crippen LogP contribution is 2.30. The van der Waals surface area contributed by atoms with Gasteiger partial charge in [0.15, 0.2) is 23.0 Å². The maximum Gasteiger partial charge on any atom is 0.219 e. The number of nitrogens with one attached hydrogen (secondary N) is 1. The number of aromatic nitrogens is 1. The maximum atomic E-state index is 13.6. The van der Waals surface area contributed by atoms with Crippen LogP contribution in [0, 0.1) is 17.6 Å². The Hall–Kier alpha value is -2.22. The van der Waals surface area contributed by atoms with Crippen molar-refractivity contribution in [2.24, 2.45) is 5.92 Å². The molecule has 0 bridgehead atoms. The molecule has 6 nitrogen and oxygen atoms in total. The number of rotatable bonds is 6. The monoisotopic (exact) mass is 420 g/mol. The lowest BCUT2D eigenvalue weighted by Gasteiger charge is -2.36. The molecule has 2 aliphatic rings. The second-order valence-corrected chi connectivity index (χ2v) is 8.52. The van der Waals surface area contributed by atoms with Crippen LogP contribution in [0.4, 0.5) is 14.6 Å². The molecule has 0 radical (unpaired) electrons. The molecule has 1 amide bonds. The summed E-state index contributed by atoms with van der Waals surface area (Å²) < 4.78 is 32.2. The van der Waals surface area contributed by atoms with E-state index in [1.807, 2.05) is 6.92 Å². The Balaban J connectivity index is 1.22. The highest BCUT2D eigenvalue weighted by atomic mass is 19.2. The first-order valence-electron chi connectivity index (χ1n) is 11.0. The van der Waals surface area contributed by atoms with Crippen LogP contribution in [-0.4, -0.2) is 54.7 Å². The number of carbonyl (C=O) groups is 1. The van der Waals surface area contributed by atoms with E-state index in [0.717, 1.165) is 57.5 Å². The third-order valence-corrected chi connectivity index (χ3v) is 6.55. The van der Waals surface area contributed by atoms with Crippen molar-refractivity contribution in [1.82, 2.24) is 15.4 Å². The molecule has 2 aromatic rings. The minimum Gasteiger partial charge on any atom is -0.354 e. The van der Waals surface area contributed by atoms with Gasteiger partial charge in [-0.05, 0) is 50.6 Å². The van der Waals surface area contributed by atoms with Crippen molar-refractivity contribution in [2.75, 3.05) is 37.6 Å². The predicted molar refractivity (Wildman–Crippen MR) is 111 cm³/mol. The van der Waals surface area contributed by atoms with E-state index < -0.39 is 11.6 Å². The summed E-state index contributed by atoms with van der Waals surface area (Å²) >= 11 is 0. The van der Waals surface area contributed by atoms with Crippen LogP contribution in [0.25, 0.3) is 11.0 Å². The van der Waals surface area contributed by atoms with Crippen LogP contribution in [0.15, 0.2) is 16.7 Å². The number of carbonyl (C=O) groups excluding carboxylic acids is 1. The lowest BCUT2D eigenvalue weighted by Crippen LogP contribution is -2.47. The van der Waals surface area contributed by atoms with E-state index >= 15 is 0 Å². The van der Waals surface area contributed by atoms with E-state index in [1.165, 1.54) is 25.3 Å². The molecule has 1 N–H and O–H groups in total. The van der Waals surface area contributed by atoms with Crippen molar-refractivity contribution in [2.45, 2.75) is 51.5 Å². The summed E-state index contributed by atoms with van der Waals surface area (Å²) in [5, 5.41) is 7.69. The zero-order valence-electron chi connectivity index (χ0n) is 17.5. The summed E-state index contributed by atoms with van der Waals surface area (Å²) in [6, 6.07) is 2.58. The Morgan fingerprint density at radius 2 is 1.83 bits per heavy atom. The topological polar surface area (TPSA) is 61.6 Å². The van der Waals surface area contributed by atoms with Gasteiger partial charge in [0.1, 0.15) is 0 Å². The number of halogens is 2. The summed E-state index contributed by atoms with van der Waals surface area (Å²) in [6.45, 7) is 6.38. The molecular weight excluding hydrogens is 390 g/mol. The van der Waals surface area contributed by atoms with Gasteiger partial charge in [0, 0.05) is 44.7 Å². The van der Waals surface area contributed by atoms with Crippen LogP contribution in [0.5, 0.6) is 0 Å². The zero-order valence-corrected chi connectivity index (χ0v) is 17.5. The number of fused-ring (bicyclic) bond motifs is 1. The van der Waals surface area contributed by atoms with Crippen molar-refractivity contribution >= 4 is 22.7 Å². The maximum absolute atomic E-state index is 13.6. The van der Waals surface area contributed by atoms with Gasteiger partial charge < -0.3 is 14.7 Å². The molecule has 2 fully saturated rings. The van der Waals surface area contributed by atoms with Crippen molar-refractivity contribution in [3.05, 3.63) is 23.8 Å². The first-order valence-corrected chi connectivity index (χ1v) is 11.0. The molecule has 1 aliphatic heterocycles. The van der Waals surface area contributed by atoms with Gasteiger partial charge in [0.2, 0.25) is 5.91 Å². The van der Waals surface area contributed by atoms with Crippen molar-refractivity contribution in [1.29, 1.82) is 0 Å². The van der Waals surface area contributed by atoms with Gasteiger partial charge in [-0.15, -0.1) is 0 Å². The lowest BCUT2D eigenvalue weighted by molar-refractivity contribution is -0.121. The number of anilines is 1. The van der Waals surface area contributed by atoms with Crippen LogP contribution in [-0.2, 0) is 4.79 Å². The third-order valence-electron chi connectivity index (χ3n) is 6.55. The average Bonchev–Trinajstić information content (AvgIpc) is 3.16. The summed E-state index contributed by atoms with van der Waals surface area (Å²) in [7, 11) is 0. The Morgan fingerprint density at radius 3 is 2.53 bits per heavy atom. The van der Waals surface area contributed by atoms with Gasteiger partial charge >= 0.3 is 0 Å². The molecule has 164 valence electrons. The molecule has 1 saturated heterocycles. The average molecular weight is 421 g/mol. The Kier molecular flexibility index (Phi) is 6.51. The molecule has 2 heterocycles. The van der Waals surface area contributed by atoms with Crippen molar-refractivity contribution in [3.8, 4) is 0 Å². The molecule has 1 aromatic carbocycles. The molecule has 1 aromatic heterocycles. The largest absolute Gasteiger partial charge is 0.354 e. The molecule has 4 rings (SSSR count). The smallest absolute Gasteiger partial charge is 0.219 e. The number of nitrogens with zero attached hydrogens (tertiary/aromatic N) is 3. The number of benzene rings is 1. The Bertz CT molecular complexity index is 871. The second-order valence-electron chi connectivity index (χ2n) is 8.52. The SMILES string of the molecule is CCC(=O)NC1CCC(CCN2CCN(c3noc4cc(F)c(F)cc34)CC2)CC1. The summed E-state index contributed by atoms with van der Waals surface area (Å²) in [4.78, 5) is 16.1. The zero-order chi connectivity index (χ0) is 21.1. The Labute approximate surface area is 175 Å². The van der Waals surface area contributed by atoms with Crippen LogP contribution in [0.1, 0.15) is 45.4 Å². The molecular formula is C22H30F2N4O2. The fourth-order valence-electron chi connectivity index (χ4n) is 4.62. The molecule has 0 unspecified atom stereocenters. The van der Waals surface area contributed by atoms with Gasteiger partial charge in [-0.3, -0.25) is 9.69 Å². The molecule has 1 aliphatic carbocycles. The van der Waals surface area contributed by atoms with Gasteiger partial charge in [-0.25, -0.2) is 8.78 Å². The van der Waals surface area contributed by atoms with Crippen molar-refractivity contribution < 1.29 is 18.1 Å². The Morgan fingerprint density at radius 1 is 1.13 bits per heavy atom. The standard InChI is InChI=1S/C22H30F2N4O2/c1-2-21(29)25-16-5-3-15(4-6-16)7-8-27-9-11-28(12-10-27)22-17-13-18(23)19(24)14-20(17)30-26-22/h13-16H,2-12H2,1H3,(H,25,29). The van der Waals surface area contributed by atoms with Gasteiger partial charge in [0.25, 0.3) is 0 Å². The molecule has 8 heteroatoms. The fourth-order valence-corrected chi connectivity index (χ4v) is 4.62. The van der Waals surface area contributed by atoms with Crippen molar-refractivity contribution in [3.63, 3.8) is 0 Å². The first-order chi connectivity index (χ1) is 14.5. The summed E-state index contributed by atoms with van der Waals surface area (Å²) in [6.07, 6.45) is 6.28. The number of piperazine rings is 1. The van der Waals surface area contributed by atoms with E-state index in [-0.39, 0.29) is 11.5 Å². The first kappa shape index (κ1) is 21.0. The minimum absolute atomic E-state index is 0.157. The quantitative estimate of drug-likeness (QED) is 0.772. The van der Waals surface area contributed by atoms with E-state index in [0.29, 0.717) is 23.7 Å². The second kappa shape index (κ2) is 9.29. The van der Waals surface area contributed by atoms with Gasteiger partial charge in [-0.1, -0.05) is 12.1 Å². The van der Waals surface area contributed by atoms with Gasteiger partial charge in [0.05, 0.1) is 5.39 Å². The summed E-state index contributed by atoms with van der Waals surface area (Å²) in [5.74, 6) is -0.318. The van der Waals surface area contributed by atoms with E-state index in [4.69, 9.17) is 4.52 Å². The summed E-state index contributed by atoms with van der Waals surface area (Å²) in [5.41, 5.74) is 0.275. The molecule has 30 heavy (non-hydrogen) atoms. The number of amides is 1. The fraction of sp³-hybridized carbons (Fsp3) is 0.636. The van der Waals surface area contributed by atoms with E-state index in [2.05, 4.69) is 20.3 Å². The lowest BCUT2D eigenvalue weighted by atomic mass is 9.84. The van der Waals surface area contributed by atoms with E-state index in [1.54, 1.807) is 0 Å². The highest BCUT2D eigenvalue weighted by molar-refractivity contribution is 5.88. The van der Waals surface area contributed by atoms with Crippen LogP contribution >= 0.6 is 0 Å². The molecule has 0 spiro atoms.